The average molecular weight is 206 g/mol. The Labute approximate surface area is 77.0 Å². The molecule has 6 heteroatoms. The van der Waals surface area contributed by atoms with Crippen molar-refractivity contribution in [1.82, 2.24) is 0 Å². The lowest BCUT2D eigenvalue weighted by Gasteiger charge is -2.07. The summed E-state index contributed by atoms with van der Waals surface area (Å²) in [5, 5.41) is 3.04. The van der Waals surface area contributed by atoms with Crippen LogP contribution in [-0.4, -0.2) is 6.21 Å². The molecule has 0 heterocycles. The molecule has 76 valence electrons. The van der Waals surface area contributed by atoms with Gasteiger partial charge in [-0.1, -0.05) is 6.07 Å². The molecule has 0 amide bonds. The first-order valence-corrected chi connectivity index (χ1v) is 3.55. The third-order valence-electron chi connectivity index (χ3n) is 1.52. The Hall–Kier alpha value is -1.59. The number of halogens is 4. The van der Waals surface area contributed by atoms with Gasteiger partial charge < -0.3 is 5.84 Å². The molecule has 2 nitrogen and oxygen atoms in total. The van der Waals surface area contributed by atoms with Gasteiger partial charge in [0.1, 0.15) is 5.82 Å². The zero-order chi connectivity index (χ0) is 10.8. The Morgan fingerprint density at radius 1 is 1.29 bits per heavy atom. The van der Waals surface area contributed by atoms with E-state index in [2.05, 4.69) is 5.10 Å². The number of benzene rings is 1. The summed E-state index contributed by atoms with van der Waals surface area (Å²) in [5.41, 5.74) is -1.23. The molecule has 14 heavy (non-hydrogen) atoms. The second-order valence-electron chi connectivity index (χ2n) is 2.52. The van der Waals surface area contributed by atoms with E-state index in [9.17, 15) is 17.6 Å². The molecule has 1 aromatic rings. The lowest BCUT2D eigenvalue weighted by molar-refractivity contribution is -0.140. The van der Waals surface area contributed by atoms with E-state index in [0.717, 1.165) is 18.3 Å². The fourth-order valence-electron chi connectivity index (χ4n) is 0.926. The number of hydrogen-bond donors (Lipinski definition) is 1. The number of hydrogen-bond acceptors (Lipinski definition) is 2. The van der Waals surface area contributed by atoms with E-state index < -0.39 is 17.6 Å². The highest BCUT2D eigenvalue weighted by atomic mass is 19.4. The van der Waals surface area contributed by atoms with Crippen molar-refractivity contribution < 1.29 is 17.6 Å². The van der Waals surface area contributed by atoms with E-state index >= 15 is 0 Å². The molecule has 0 aromatic heterocycles. The van der Waals surface area contributed by atoms with Crippen LogP contribution in [0.15, 0.2) is 23.3 Å². The van der Waals surface area contributed by atoms with Gasteiger partial charge in [0.15, 0.2) is 0 Å². The van der Waals surface area contributed by atoms with Crippen LogP contribution in [-0.2, 0) is 6.18 Å². The average Bonchev–Trinajstić information content (AvgIpc) is 2.07. The molecule has 0 atom stereocenters. The van der Waals surface area contributed by atoms with Crippen LogP contribution < -0.4 is 5.84 Å². The molecule has 0 bridgehead atoms. The maximum Gasteiger partial charge on any atom is 0.419 e. The first-order chi connectivity index (χ1) is 6.45. The lowest BCUT2D eigenvalue weighted by atomic mass is 10.1. The zero-order valence-electron chi connectivity index (χ0n) is 6.85. The molecular formula is C8H6F4N2. The molecule has 0 aliphatic rings. The predicted molar refractivity (Wildman–Crippen MR) is 43.2 cm³/mol. The van der Waals surface area contributed by atoms with Gasteiger partial charge in [0.05, 0.1) is 11.8 Å². The van der Waals surface area contributed by atoms with Crippen LogP contribution >= 0.6 is 0 Å². The SMILES string of the molecule is NN=Cc1ccc(F)c(C(F)(F)F)c1. The molecule has 0 aliphatic heterocycles. The summed E-state index contributed by atoms with van der Waals surface area (Å²) in [6.45, 7) is 0. The van der Waals surface area contributed by atoms with Crippen molar-refractivity contribution in [3.63, 3.8) is 0 Å². The standard InChI is InChI=1S/C8H6F4N2/c9-7-2-1-5(4-14-13)3-6(7)8(10,11)12/h1-4H,13H2. The first-order valence-electron chi connectivity index (χ1n) is 3.55. The summed E-state index contributed by atoms with van der Waals surface area (Å²) in [6, 6.07) is 2.52. The van der Waals surface area contributed by atoms with E-state index in [4.69, 9.17) is 5.84 Å². The quantitative estimate of drug-likeness (QED) is 0.325. The van der Waals surface area contributed by atoms with Gasteiger partial charge in [0.2, 0.25) is 0 Å². The molecule has 1 aromatic carbocycles. The van der Waals surface area contributed by atoms with Crippen molar-refractivity contribution in [2.24, 2.45) is 10.9 Å². The minimum Gasteiger partial charge on any atom is -0.323 e. The molecule has 0 aliphatic carbocycles. The van der Waals surface area contributed by atoms with Crippen LogP contribution in [0.2, 0.25) is 0 Å². The number of rotatable bonds is 1. The van der Waals surface area contributed by atoms with Crippen molar-refractivity contribution >= 4 is 6.21 Å². The third-order valence-corrected chi connectivity index (χ3v) is 1.52. The number of hydrazone groups is 1. The smallest absolute Gasteiger partial charge is 0.323 e. The molecule has 0 saturated heterocycles. The first kappa shape index (κ1) is 10.5. The van der Waals surface area contributed by atoms with Crippen LogP contribution in [0.25, 0.3) is 0 Å². The molecule has 1 rings (SSSR count). The predicted octanol–water partition coefficient (Wildman–Crippen LogP) is 2.14. The Morgan fingerprint density at radius 3 is 2.43 bits per heavy atom. The highest BCUT2D eigenvalue weighted by Crippen LogP contribution is 2.31. The third kappa shape index (κ3) is 2.21. The Kier molecular flexibility index (Phi) is 2.73. The fraction of sp³-hybridized carbons (Fsp3) is 0.125. The number of nitrogens with zero attached hydrogens (tertiary/aromatic N) is 1. The Balaban J connectivity index is 3.22. The van der Waals surface area contributed by atoms with Gasteiger partial charge in [-0.25, -0.2) is 4.39 Å². The van der Waals surface area contributed by atoms with Crippen molar-refractivity contribution in [2.45, 2.75) is 6.18 Å². The van der Waals surface area contributed by atoms with Gasteiger partial charge in [0, 0.05) is 0 Å². The van der Waals surface area contributed by atoms with E-state index in [0.29, 0.717) is 6.07 Å². The molecule has 0 spiro atoms. The number of nitrogens with two attached hydrogens (primary N) is 1. The van der Waals surface area contributed by atoms with Crippen molar-refractivity contribution in [1.29, 1.82) is 0 Å². The van der Waals surface area contributed by atoms with Crippen LogP contribution in [0.5, 0.6) is 0 Å². The Morgan fingerprint density at radius 2 is 1.93 bits per heavy atom. The van der Waals surface area contributed by atoms with Crippen LogP contribution in [0.3, 0.4) is 0 Å². The second kappa shape index (κ2) is 3.65. The zero-order valence-corrected chi connectivity index (χ0v) is 6.85. The van der Waals surface area contributed by atoms with Crippen molar-refractivity contribution in [3.8, 4) is 0 Å². The van der Waals surface area contributed by atoms with Gasteiger partial charge in [-0.3, -0.25) is 0 Å². The summed E-state index contributed by atoms with van der Waals surface area (Å²) >= 11 is 0. The summed E-state index contributed by atoms with van der Waals surface area (Å²) in [5.74, 6) is 3.44. The van der Waals surface area contributed by atoms with Crippen LogP contribution in [0.1, 0.15) is 11.1 Å². The van der Waals surface area contributed by atoms with Crippen LogP contribution in [0, 0.1) is 5.82 Å². The van der Waals surface area contributed by atoms with E-state index in [1.54, 1.807) is 0 Å². The topological polar surface area (TPSA) is 38.4 Å². The van der Waals surface area contributed by atoms with Crippen LogP contribution in [0.4, 0.5) is 17.6 Å². The van der Waals surface area contributed by atoms with Gasteiger partial charge >= 0.3 is 6.18 Å². The van der Waals surface area contributed by atoms with Gasteiger partial charge in [-0.2, -0.15) is 18.3 Å². The maximum absolute atomic E-state index is 12.7. The molecule has 0 saturated carbocycles. The fourth-order valence-corrected chi connectivity index (χ4v) is 0.926. The molecule has 0 fully saturated rings. The normalized spacial score (nSPS) is 12.3. The monoisotopic (exact) mass is 206 g/mol. The van der Waals surface area contributed by atoms with Gasteiger partial charge in [-0.05, 0) is 17.7 Å². The molecular weight excluding hydrogens is 200 g/mol. The molecule has 0 unspecified atom stereocenters. The minimum atomic E-state index is -4.71. The maximum atomic E-state index is 12.7. The van der Waals surface area contributed by atoms with Crippen molar-refractivity contribution in [3.05, 3.63) is 35.1 Å². The minimum absolute atomic E-state index is 0.0984. The highest BCUT2D eigenvalue weighted by Gasteiger charge is 2.33. The van der Waals surface area contributed by atoms with E-state index in [-0.39, 0.29) is 5.56 Å². The number of alkyl halides is 3. The lowest BCUT2D eigenvalue weighted by Crippen LogP contribution is -2.08. The highest BCUT2D eigenvalue weighted by molar-refractivity contribution is 5.79. The van der Waals surface area contributed by atoms with E-state index in [1.807, 2.05) is 0 Å². The largest absolute Gasteiger partial charge is 0.419 e. The van der Waals surface area contributed by atoms with Crippen molar-refractivity contribution in [2.75, 3.05) is 0 Å². The summed E-state index contributed by atoms with van der Waals surface area (Å²) in [4.78, 5) is 0. The summed E-state index contributed by atoms with van der Waals surface area (Å²) < 4.78 is 49.2. The van der Waals surface area contributed by atoms with E-state index in [1.165, 1.54) is 0 Å². The summed E-state index contributed by atoms with van der Waals surface area (Å²) in [7, 11) is 0. The molecule has 2 N–H and O–H groups in total. The molecule has 0 radical (unpaired) electrons. The van der Waals surface area contributed by atoms with Gasteiger partial charge in [-0.15, -0.1) is 0 Å². The Bertz CT molecular complexity index is 357. The van der Waals surface area contributed by atoms with Gasteiger partial charge in [0.25, 0.3) is 0 Å². The second-order valence-corrected chi connectivity index (χ2v) is 2.52. The summed E-state index contributed by atoms with van der Waals surface area (Å²) in [6.07, 6.45) is -3.70.